The van der Waals surface area contributed by atoms with Crippen molar-refractivity contribution in [1.82, 2.24) is 5.32 Å². The van der Waals surface area contributed by atoms with Gasteiger partial charge in [-0.3, -0.25) is 10.1 Å². The molecule has 0 amide bonds. The van der Waals surface area contributed by atoms with Crippen molar-refractivity contribution in [3.63, 3.8) is 0 Å². The number of rotatable bonds is 7. The Morgan fingerprint density at radius 3 is 2.25 bits per heavy atom. The largest absolute Gasteiger partial charge is 0.458 e. The second-order valence-corrected chi connectivity index (χ2v) is 5.25. The van der Waals surface area contributed by atoms with Crippen molar-refractivity contribution in [1.29, 1.82) is 0 Å². The van der Waals surface area contributed by atoms with E-state index in [1.165, 1.54) is 0 Å². The molecule has 0 fully saturated rings. The van der Waals surface area contributed by atoms with Crippen LogP contribution in [0.25, 0.3) is 0 Å². The van der Waals surface area contributed by atoms with E-state index in [4.69, 9.17) is 9.47 Å². The van der Waals surface area contributed by atoms with Crippen LogP contribution in [0.1, 0.15) is 41.0 Å². The van der Waals surface area contributed by atoms with E-state index in [9.17, 15) is 4.79 Å². The molecule has 1 N–H and O–H groups in total. The number of methoxy groups -OCH3 is 1. The Balaban J connectivity index is 4.19. The van der Waals surface area contributed by atoms with Gasteiger partial charge in [-0.1, -0.05) is 6.92 Å². The Labute approximate surface area is 98.7 Å². The fourth-order valence-corrected chi connectivity index (χ4v) is 1.02. The third kappa shape index (κ3) is 5.47. The average molecular weight is 231 g/mol. The molecular formula is C12H25NO3. The zero-order valence-electron chi connectivity index (χ0n) is 11.3. The van der Waals surface area contributed by atoms with Gasteiger partial charge in [0.05, 0.1) is 12.1 Å². The van der Waals surface area contributed by atoms with Crippen LogP contribution in [0.3, 0.4) is 0 Å². The maximum Gasteiger partial charge on any atom is 0.312 e. The molecule has 0 aliphatic rings. The highest BCUT2D eigenvalue weighted by molar-refractivity contribution is 5.76. The van der Waals surface area contributed by atoms with Crippen LogP contribution in [-0.2, 0) is 14.3 Å². The van der Waals surface area contributed by atoms with Gasteiger partial charge >= 0.3 is 5.97 Å². The van der Waals surface area contributed by atoms with Gasteiger partial charge in [0.15, 0.2) is 0 Å². The van der Waals surface area contributed by atoms with E-state index >= 15 is 0 Å². The standard InChI is InChI=1S/C12H25NO3/c1-7-11(2,3)10(14)16-12(4,5)8-13-9-15-6/h13H,7-9H2,1-6H3. The van der Waals surface area contributed by atoms with Crippen molar-refractivity contribution >= 4 is 5.97 Å². The highest BCUT2D eigenvalue weighted by atomic mass is 16.6. The lowest BCUT2D eigenvalue weighted by Crippen LogP contribution is -2.43. The summed E-state index contributed by atoms with van der Waals surface area (Å²) in [6, 6.07) is 0. The minimum absolute atomic E-state index is 0.154. The molecule has 0 aromatic heterocycles. The van der Waals surface area contributed by atoms with E-state index in [1.54, 1.807) is 7.11 Å². The molecule has 0 spiro atoms. The summed E-state index contributed by atoms with van der Waals surface area (Å²) in [4.78, 5) is 11.9. The van der Waals surface area contributed by atoms with Crippen LogP contribution in [0.4, 0.5) is 0 Å². The van der Waals surface area contributed by atoms with E-state index < -0.39 is 11.0 Å². The molecule has 0 aliphatic heterocycles. The number of nitrogens with one attached hydrogen (secondary N) is 1. The van der Waals surface area contributed by atoms with Crippen molar-refractivity contribution < 1.29 is 14.3 Å². The van der Waals surface area contributed by atoms with E-state index in [-0.39, 0.29) is 5.97 Å². The molecule has 96 valence electrons. The number of carbonyl (C=O) groups is 1. The van der Waals surface area contributed by atoms with Gasteiger partial charge in [0.2, 0.25) is 0 Å². The molecule has 4 heteroatoms. The van der Waals surface area contributed by atoms with Crippen molar-refractivity contribution in [2.45, 2.75) is 46.6 Å². The average Bonchev–Trinajstić information content (AvgIpc) is 2.17. The SMILES string of the molecule is CCC(C)(C)C(=O)OC(C)(C)CNCOC. The zero-order chi connectivity index (χ0) is 12.8. The molecule has 0 atom stereocenters. The molecule has 0 aromatic carbocycles. The summed E-state index contributed by atoms with van der Waals surface area (Å²) in [6.07, 6.45) is 0.771. The Kier molecular flexibility index (Phi) is 5.97. The lowest BCUT2D eigenvalue weighted by Gasteiger charge is -2.30. The van der Waals surface area contributed by atoms with Crippen molar-refractivity contribution in [3.05, 3.63) is 0 Å². The van der Waals surface area contributed by atoms with Crippen molar-refractivity contribution in [3.8, 4) is 0 Å². The van der Waals surface area contributed by atoms with Crippen LogP contribution in [-0.4, -0.2) is 32.0 Å². The first-order valence-electron chi connectivity index (χ1n) is 5.68. The monoisotopic (exact) mass is 231 g/mol. The smallest absolute Gasteiger partial charge is 0.312 e. The fraction of sp³-hybridized carbons (Fsp3) is 0.917. The number of ether oxygens (including phenoxy) is 2. The Morgan fingerprint density at radius 1 is 1.25 bits per heavy atom. The maximum atomic E-state index is 11.9. The molecule has 0 heterocycles. The highest BCUT2D eigenvalue weighted by Gasteiger charge is 2.32. The molecule has 0 aromatic rings. The Hall–Kier alpha value is -0.610. The molecule has 0 unspecified atom stereocenters. The third-order valence-electron chi connectivity index (χ3n) is 2.60. The van der Waals surface area contributed by atoms with Gasteiger partial charge < -0.3 is 9.47 Å². The van der Waals surface area contributed by atoms with Crippen LogP contribution in [0, 0.1) is 5.41 Å². The molecule has 16 heavy (non-hydrogen) atoms. The van der Waals surface area contributed by atoms with Gasteiger partial charge in [-0.15, -0.1) is 0 Å². The van der Waals surface area contributed by atoms with Gasteiger partial charge in [0.25, 0.3) is 0 Å². The number of esters is 1. The van der Waals surface area contributed by atoms with Crippen molar-refractivity contribution in [2.24, 2.45) is 5.41 Å². The first-order valence-corrected chi connectivity index (χ1v) is 5.68. The molecule has 0 saturated carbocycles. The molecule has 0 aliphatic carbocycles. The van der Waals surface area contributed by atoms with Crippen LogP contribution in [0.5, 0.6) is 0 Å². The van der Waals surface area contributed by atoms with Gasteiger partial charge in [0.1, 0.15) is 5.60 Å². The molecule has 0 rings (SSSR count). The summed E-state index contributed by atoms with van der Waals surface area (Å²) >= 11 is 0. The summed E-state index contributed by atoms with van der Waals surface area (Å²) in [5.41, 5.74) is -0.930. The molecule has 0 bridgehead atoms. The van der Waals surface area contributed by atoms with Crippen LogP contribution < -0.4 is 5.32 Å². The Morgan fingerprint density at radius 2 is 1.81 bits per heavy atom. The lowest BCUT2D eigenvalue weighted by atomic mass is 9.90. The third-order valence-corrected chi connectivity index (χ3v) is 2.60. The number of hydrogen-bond acceptors (Lipinski definition) is 4. The zero-order valence-corrected chi connectivity index (χ0v) is 11.3. The summed E-state index contributed by atoms with van der Waals surface area (Å²) in [6.45, 7) is 10.6. The van der Waals surface area contributed by atoms with Crippen LogP contribution >= 0.6 is 0 Å². The number of carbonyl (C=O) groups excluding carboxylic acids is 1. The molecule has 0 radical (unpaired) electrons. The minimum atomic E-state index is -0.512. The molecular weight excluding hydrogens is 206 g/mol. The summed E-state index contributed by atoms with van der Waals surface area (Å²) in [5, 5.41) is 3.05. The fourth-order valence-electron chi connectivity index (χ4n) is 1.02. The summed E-state index contributed by atoms with van der Waals surface area (Å²) < 4.78 is 10.4. The lowest BCUT2D eigenvalue weighted by molar-refractivity contribution is -0.167. The van der Waals surface area contributed by atoms with Crippen LogP contribution in [0.2, 0.25) is 0 Å². The number of hydrogen-bond donors (Lipinski definition) is 1. The topological polar surface area (TPSA) is 47.6 Å². The summed E-state index contributed by atoms with van der Waals surface area (Å²) in [7, 11) is 1.62. The van der Waals surface area contributed by atoms with Gasteiger partial charge in [0, 0.05) is 13.7 Å². The maximum absolute atomic E-state index is 11.9. The highest BCUT2D eigenvalue weighted by Crippen LogP contribution is 2.24. The first-order chi connectivity index (χ1) is 7.25. The van der Waals surface area contributed by atoms with E-state index in [1.807, 2.05) is 34.6 Å². The van der Waals surface area contributed by atoms with Gasteiger partial charge in [-0.25, -0.2) is 0 Å². The molecule has 0 saturated heterocycles. The minimum Gasteiger partial charge on any atom is -0.458 e. The van der Waals surface area contributed by atoms with E-state index in [0.717, 1.165) is 6.42 Å². The van der Waals surface area contributed by atoms with Gasteiger partial charge in [-0.2, -0.15) is 0 Å². The second kappa shape index (κ2) is 6.21. The quantitative estimate of drug-likeness (QED) is 0.413. The Bertz CT molecular complexity index is 224. The predicted molar refractivity (Wildman–Crippen MR) is 64.1 cm³/mol. The van der Waals surface area contributed by atoms with Crippen molar-refractivity contribution in [2.75, 3.05) is 20.4 Å². The second-order valence-electron chi connectivity index (χ2n) is 5.25. The van der Waals surface area contributed by atoms with Crippen LogP contribution in [0.15, 0.2) is 0 Å². The normalized spacial score (nSPS) is 12.6. The van der Waals surface area contributed by atoms with E-state index in [2.05, 4.69) is 5.32 Å². The predicted octanol–water partition coefficient (Wildman–Crippen LogP) is 1.94. The molecule has 4 nitrogen and oxygen atoms in total. The summed E-state index contributed by atoms with van der Waals surface area (Å²) in [5.74, 6) is -0.154. The van der Waals surface area contributed by atoms with E-state index in [0.29, 0.717) is 13.3 Å². The first kappa shape index (κ1) is 15.4. The van der Waals surface area contributed by atoms with Gasteiger partial charge in [-0.05, 0) is 34.1 Å².